The first-order chi connectivity index (χ1) is 18.7. The number of nitrogens with zero attached hydrogens (tertiary/aromatic N) is 2. The molecule has 1 atom stereocenters. The van der Waals surface area contributed by atoms with E-state index in [9.17, 15) is 22.4 Å². The van der Waals surface area contributed by atoms with Crippen LogP contribution in [0.15, 0.2) is 83.8 Å². The zero-order chi connectivity index (χ0) is 28.4. The first kappa shape index (κ1) is 29.6. The number of rotatable bonds is 13. The highest BCUT2D eigenvalue weighted by molar-refractivity contribution is 7.92. The summed E-state index contributed by atoms with van der Waals surface area (Å²) in [4.78, 5) is 27.9. The first-order valence-corrected chi connectivity index (χ1v) is 14.1. The van der Waals surface area contributed by atoms with Crippen molar-refractivity contribution in [2.45, 2.75) is 37.6 Å². The Morgan fingerprint density at radius 3 is 2.21 bits per heavy atom. The van der Waals surface area contributed by atoms with Crippen LogP contribution >= 0.6 is 0 Å². The number of hydrogen-bond acceptors (Lipinski definition) is 5. The number of ether oxygens (including phenoxy) is 1. The minimum Gasteiger partial charge on any atom is -0.497 e. The zero-order valence-electron chi connectivity index (χ0n) is 22.3. The summed E-state index contributed by atoms with van der Waals surface area (Å²) in [5.41, 5.74) is 1.09. The second-order valence-corrected chi connectivity index (χ2v) is 10.8. The molecule has 0 aliphatic carbocycles. The Morgan fingerprint density at radius 1 is 0.974 bits per heavy atom. The van der Waals surface area contributed by atoms with Gasteiger partial charge in [-0.25, -0.2) is 12.8 Å². The van der Waals surface area contributed by atoms with Crippen molar-refractivity contribution in [3.63, 3.8) is 0 Å². The summed E-state index contributed by atoms with van der Waals surface area (Å²) in [6.07, 6.45) is 1.20. The number of hydrogen-bond donors (Lipinski definition) is 1. The van der Waals surface area contributed by atoms with Crippen LogP contribution in [0.5, 0.6) is 5.75 Å². The molecular weight excluding hydrogens is 521 g/mol. The van der Waals surface area contributed by atoms with Crippen LogP contribution in [0, 0.1) is 5.82 Å². The SMILES string of the molecule is CCCNC(=O)[C@H](C)N(CCc1ccccc1)C(=O)CN(c1ccc(F)cc1)S(=O)(=O)c1ccc(OC)cc1. The Morgan fingerprint density at radius 2 is 1.62 bits per heavy atom. The Kier molecular flexibility index (Phi) is 10.4. The van der Waals surface area contributed by atoms with Gasteiger partial charge in [-0.15, -0.1) is 0 Å². The smallest absolute Gasteiger partial charge is 0.264 e. The van der Waals surface area contributed by atoms with Gasteiger partial charge in [0.2, 0.25) is 11.8 Å². The number of amides is 2. The number of benzene rings is 3. The normalized spacial score (nSPS) is 11.9. The highest BCUT2D eigenvalue weighted by Gasteiger charge is 2.32. The van der Waals surface area contributed by atoms with Crippen molar-refractivity contribution in [2.24, 2.45) is 0 Å². The third-order valence-corrected chi connectivity index (χ3v) is 8.03. The van der Waals surface area contributed by atoms with Crippen LogP contribution in [0.25, 0.3) is 0 Å². The fourth-order valence-corrected chi connectivity index (χ4v) is 5.39. The molecule has 3 rings (SSSR count). The molecule has 0 saturated carbocycles. The molecule has 3 aromatic carbocycles. The van der Waals surface area contributed by atoms with Gasteiger partial charge in [-0.3, -0.25) is 13.9 Å². The second kappa shape index (κ2) is 13.7. The molecule has 0 bridgehead atoms. The van der Waals surface area contributed by atoms with Crippen molar-refractivity contribution >= 4 is 27.5 Å². The Balaban J connectivity index is 1.96. The molecule has 0 saturated heterocycles. The predicted molar refractivity (Wildman–Crippen MR) is 149 cm³/mol. The molecule has 3 aromatic rings. The third kappa shape index (κ3) is 7.79. The maximum Gasteiger partial charge on any atom is 0.264 e. The van der Waals surface area contributed by atoms with Crippen molar-refractivity contribution in [3.8, 4) is 5.75 Å². The summed E-state index contributed by atoms with van der Waals surface area (Å²) in [6.45, 7) is 3.61. The van der Waals surface area contributed by atoms with Gasteiger partial charge < -0.3 is 15.0 Å². The van der Waals surface area contributed by atoms with Crippen LogP contribution in [0.2, 0.25) is 0 Å². The van der Waals surface area contributed by atoms with E-state index >= 15 is 0 Å². The van der Waals surface area contributed by atoms with Gasteiger partial charge in [0.25, 0.3) is 10.0 Å². The van der Waals surface area contributed by atoms with E-state index in [1.54, 1.807) is 6.92 Å². The van der Waals surface area contributed by atoms with Gasteiger partial charge in [0, 0.05) is 13.1 Å². The molecule has 0 spiro atoms. The molecule has 0 radical (unpaired) electrons. The van der Waals surface area contributed by atoms with E-state index in [4.69, 9.17) is 4.74 Å². The van der Waals surface area contributed by atoms with Gasteiger partial charge in [0.05, 0.1) is 17.7 Å². The van der Waals surface area contributed by atoms with Crippen LogP contribution in [-0.2, 0) is 26.0 Å². The van der Waals surface area contributed by atoms with Gasteiger partial charge in [-0.2, -0.15) is 0 Å². The maximum atomic E-state index is 13.8. The lowest BCUT2D eigenvalue weighted by molar-refractivity contribution is -0.138. The van der Waals surface area contributed by atoms with Crippen LogP contribution < -0.4 is 14.4 Å². The third-order valence-electron chi connectivity index (χ3n) is 6.24. The van der Waals surface area contributed by atoms with Crippen molar-refractivity contribution in [1.29, 1.82) is 0 Å². The lowest BCUT2D eigenvalue weighted by Crippen LogP contribution is -2.52. The highest BCUT2D eigenvalue weighted by atomic mass is 32.2. The van der Waals surface area contributed by atoms with Gasteiger partial charge in [-0.05, 0) is 73.9 Å². The number of halogens is 1. The van der Waals surface area contributed by atoms with Crippen molar-refractivity contribution < 1.29 is 27.1 Å². The van der Waals surface area contributed by atoms with Crippen molar-refractivity contribution in [3.05, 3.63) is 90.2 Å². The fourth-order valence-electron chi connectivity index (χ4n) is 3.98. The summed E-state index contributed by atoms with van der Waals surface area (Å²) in [5.74, 6) is -0.967. The predicted octanol–water partition coefficient (Wildman–Crippen LogP) is 4.02. The fraction of sp³-hybridized carbons (Fsp3) is 0.310. The number of methoxy groups -OCH3 is 1. The van der Waals surface area contributed by atoms with E-state index in [2.05, 4.69) is 5.32 Å². The number of anilines is 1. The quantitative estimate of drug-likeness (QED) is 0.344. The van der Waals surface area contributed by atoms with Crippen molar-refractivity contribution in [2.75, 3.05) is 31.0 Å². The van der Waals surface area contributed by atoms with E-state index < -0.39 is 34.3 Å². The average Bonchev–Trinajstić information content (AvgIpc) is 2.95. The number of carbonyl (C=O) groups is 2. The molecule has 0 aliphatic rings. The first-order valence-electron chi connectivity index (χ1n) is 12.7. The maximum absolute atomic E-state index is 13.8. The molecule has 0 unspecified atom stereocenters. The minimum absolute atomic E-state index is 0.0648. The van der Waals surface area contributed by atoms with Crippen molar-refractivity contribution in [1.82, 2.24) is 10.2 Å². The van der Waals surface area contributed by atoms with Crippen LogP contribution in [0.3, 0.4) is 0 Å². The minimum atomic E-state index is -4.24. The monoisotopic (exact) mass is 555 g/mol. The van der Waals surface area contributed by atoms with E-state index in [-0.39, 0.29) is 23.0 Å². The Labute approximate surface area is 229 Å². The lowest BCUT2D eigenvalue weighted by atomic mass is 10.1. The molecule has 39 heavy (non-hydrogen) atoms. The van der Waals surface area contributed by atoms with Gasteiger partial charge in [0.15, 0.2) is 0 Å². The zero-order valence-corrected chi connectivity index (χ0v) is 23.2. The lowest BCUT2D eigenvalue weighted by Gasteiger charge is -2.32. The molecule has 0 heterocycles. The molecule has 2 amide bonds. The largest absolute Gasteiger partial charge is 0.497 e. The van der Waals surface area contributed by atoms with E-state index in [0.717, 1.165) is 28.4 Å². The summed E-state index contributed by atoms with van der Waals surface area (Å²) >= 11 is 0. The molecule has 1 N–H and O–H groups in total. The highest BCUT2D eigenvalue weighted by Crippen LogP contribution is 2.26. The molecule has 8 nitrogen and oxygen atoms in total. The van der Waals surface area contributed by atoms with Gasteiger partial charge in [-0.1, -0.05) is 37.3 Å². The molecule has 0 aromatic heterocycles. The van der Waals surface area contributed by atoms with Gasteiger partial charge in [0.1, 0.15) is 24.2 Å². The molecule has 0 aliphatic heterocycles. The Bertz CT molecular complexity index is 1330. The average molecular weight is 556 g/mol. The molecule has 0 fully saturated rings. The number of carbonyl (C=O) groups excluding carboxylic acids is 2. The van der Waals surface area contributed by atoms with Crippen LogP contribution in [-0.4, -0.2) is 57.9 Å². The topological polar surface area (TPSA) is 96.0 Å². The molecule has 208 valence electrons. The van der Waals surface area contributed by atoms with Crippen LogP contribution in [0.4, 0.5) is 10.1 Å². The van der Waals surface area contributed by atoms with Gasteiger partial charge >= 0.3 is 0 Å². The van der Waals surface area contributed by atoms with E-state index in [1.807, 2.05) is 37.3 Å². The van der Waals surface area contributed by atoms with Crippen LogP contribution in [0.1, 0.15) is 25.8 Å². The standard InChI is InChI=1S/C29H34FN3O5S/c1-4-19-31-29(35)22(2)32(20-18-23-8-6-5-7-9-23)28(34)21-33(25-12-10-24(30)11-13-25)39(36,37)27-16-14-26(38-3)15-17-27/h5-17,22H,4,18-21H2,1-3H3,(H,31,35)/t22-/m0/s1. The molecule has 10 heteroatoms. The van der Waals surface area contributed by atoms with E-state index in [1.165, 1.54) is 48.4 Å². The summed E-state index contributed by atoms with van der Waals surface area (Å²) in [6, 6.07) is 19.3. The van der Waals surface area contributed by atoms with E-state index in [0.29, 0.717) is 18.7 Å². The number of sulfonamides is 1. The summed E-state index contributed by atoms with van der Waals surface area (Å²) in [7, 11) is -2.77. The molecular formula is C29H34FN3O5S. The Hall–Kier alpha value is -3.92. The number of nitrogens with one attached hydrogen (secondary N) is 1. The second-order valence-electron chi connectivity index (χ2n) is 8.95. The summed E-state index contributed by atoms with van der Waals surface area (Å²) in [5, 5.41) is 2.81. The summed E-state index contributed by atoms with van der Waals surface area (Å²) < 4.78 is 47.2.